The molecule has 0 fully saturated rings. The van der Waals surface area contributed by atoms with Crippen molar-refractivity contribution in [3.63, 3.8) is 0 Å². The molecule has 0 aliphatic heterocycles. The Bertz CT molecular complexity index is 785. The minimum absolute atomic E-state index is 0.124. The van der Waals surface area contributed by atoms with E-state index in [2.05, 4.69) is 27.4 Å². The zero-order valence-electron chi connectivity index (χ0n) is 15.3. The number of aromatic nitrogens is 4. The smallest absolute Gasteiger partial charge is 0.265 e. The highest BCUT2D eigenvalue weighted by atomic mass is 32.2. The first-order chi connectivity index (χ1) is 12.3. The molecule has 0 saturated carbocycles. The second-order valence-corrected chi connectivity index (χ2v) is 7.78. The molecule has 0 bridgehead atoms. The fraction of sp³-hybridized carbons (Fsp3) is 0.533. The van der Waals surface area contributed by atoms with Gasteiger partial charge in [0.05, 0.1) is 11.4 Å². The lowest BCUT2D eigenvalue weighted by Gasteiger charge is -2.07. The highest BCUT2D eigenvalue weighted by Gasteiger charge is 2.18. The predicted octanol–water partition coefficient (Wildman–Crippen LogP) is 1.53. The van der Waals surface area contributed by atoms with Crippen LogP contribution >= 0.6 is 23.1 Å². The summed E-state index contributed by atoms with van der Waals surface area (Å²) in [5, 5.41) is 11.7. The lowest BCUT2D eigenvalue weighted by molar-refractivity contribution is -0.113. The van der Waals surface area contributed by atoms with Crippen molar-refractivity contribution in [1.29, 1.82) is 0 Å². The van der Waals surface area contributed by atoms with Gasteiger partial charge < -0.3 is 16.1 Å². The number of nitrogens with two attached hydrogens (primary N) is 1. The lowest BCUT2D eigenvalue weighted by Crippen LogP contribution is -2.21. The summed E-state index contributed by atoms with van der Waals surface area (Å²) in [6.07, 6.45) is 2.79. The van der Waals surface area contributed by atoms with E-state index in [0.29, 0.717) is 26.7 Å². The molecular weight excluding hydrogens is 374 g/mol. The van der Waals surface area contributed by atoms with E-state index in [1.54, 1.807) is 21.0 Å². The Morgan fingerprint density at radius 1 is 1.35 bits per heavy atom. The van der Waals surface area contributed by atoms with Crippen molar-refractivity contribution in [3.8, 4) is 0 Å². The average molecular weight is 398 g/mol. The van der Waals surface area contributed by atoms with Gasteiger partial charge in [-0.25, -0.2) is 9.66 Å². The molecule has 0 aromatic carbocycles. The summed E-state index contributed by atoms with van der Waals surface area (Å²) in [6.45, 7) is 3.83. The van der Waals surface area contributed by atoms with Crippen LogP contribution in [0.2, 0.25) is 0 Å². The minimum atomic E-state index is -0.245. The number of aryl methyl sites for hydroxylation is 2. The topological polar surface area (TPSA) is 119 Å². The highest BCUT2D eigenvalue weighted by molar-refractivity contribution is 7.99. The van der Waals surface area contributed by atoms with Gasteiger partial charge in [-0.2, -0.15) is 0 Å². The molecule has 2 aromatic heterocycles. The molecule has 2 aromatic rings. The number of thioether (sulfide) groups is 1. The van der Waals surface area contributed by atoms with Crippen molar-refractivity contribution in [3.05, 3.63) is 16.4 Å². The Balaban J connectivity index is 1.93. The number of hydrogen-bond acceptors (Lipinski definition) is 8. The fourth-order valence-corrected chi connectivity index (χ4v) is 3.73. The predicted molar refractivity (Wildman–Crippen MR) is 103 cm³/mol. The number of anilines is 1. The first-order valence-electron chi connectivity index (χ1n) is 8.14. The molecule has 0 saturated heterocycles. The van der Waals surface area contributed by atoms with Gasteiger partial charge in [-0.3, -0.25) is 9.59 Å². The van der Waals surface area contributed by atoms with Crippen LogP contribution in [-0.4, -0.2) is 56.4 Å². The number of nitrogens with one attached hydrogen (secondary N) is 1. The zero-order valence-corrected chi connectivity index (χ0v) is 16.9. The summed E-state index contributed by atoms with van der Waals surface area (Å²) < 4.78 is 1.43. The van der Waals surface area contributed by atoms with Crippen LogP contribution in [0.15, 0.2) is 5.16 Å². The summed E-state index contributed by atoms with van der Waals surface area (Å²) in [6, 6.07) is 0. The van der Waals surface area contributed by atoms with Gasteiger partial charge in [-0.05, 0) is 13.3 Å². The van der Waals surface area contributed by atoms with Crippen LogP contribution in [0.1, 0.15) is 41.0 Å². The lowest BCUT2D eigenvalue weighted by atomic mass is 10.2. The number of nitrogens with zero attached hydrogens (tertiary/aromatic N) is 5. The molecule has 26 heavy (non-hydrogen) atoms. The fourth-order valence-electron chi connectivity index (χ4n) is 2.05. The Labute approximate surface area is 160 Å². The molecule has 2 rings (SSSR count). The first kappa shape index (κ1) is 20.2. The van der Waals surface area contributed by atoms with Crippen molar-refractivity contribution < 1.29 is 9.59 Å². The van der Waals surface area contributed by atoms with Crippen LogP contribution in [0.4, 0.5) is 5.13 Å². The van der Waals surface area contributed by atoms with Gasteiger partial charge in [-0.1, -0.05) is 36.4 Å². The summed E-state index contributed by atoms with van der Waals surface area (Å²) in [7, 11) is 3.35. The molecule has 9 nitrogen and oxygen atoms in total. The van der Waals surface area contributed by atoms with Gasteiger partial charge in [0.25, 0.3) is 5.91 Å². The normalized spacial score (nSPS) is 10.8. The average Bonchev–Trinajstić information content (AvgIpc) is 3.13. The van der Waals surface area contributed by atoms with E-state index in [-0.39, 0.29) is 17.6 Å². The molecule has 2 amide bonds. The van der Waals surface area contributed by atoms with Crippen molar-refractivity contribution in [2.45, 2.75) is 38.3 Å². The van der Waals surface area contributed by atoms with Crippen LogP contribution in [0.25, 0.3) is 0 Å². The molecule has 11 heteroatoms. The third kappa shape index (κ3) is 4.94. The maximum absolute atomic E-state index is 12.1. The van der Waals surface area contributed by atoms with Gasteiger partial charge in [-0.15, -0.1) is 10.2 Å². The zero-order chi connectivity index (χ0) is 19.3. The van der Waals surface area contributed by atoms with Gasteiger partial charge >= 0.3 is 0 Å². The van der Waals surface area contributed by atoms with Crippen LogP contribution in [0, 0.1) is 6.92 Å². The molecule has 0 aliphatic carbocycles. The maximum Gasteiger partial charge on any atom is 0.265 e. The molecule has 142 valence electrons. The number of unbranched alkanes of at least 4 members (excludes halogenated alkanes) is 1. The Hall–Kier alpha value is -2.14. The molecule has 0 radical (unpaired) electrons. The van der Waals surface area contributed by atoms with E-state index in [1.807, 2.05) is 0 Å². The minimum Gasteiger partial charge on any atom is -0.344 e. The molecule has 0 unspecified atom stereocenters. The Morgan fingerprint density at radius 2 is 2.08 bits per heavy atom. The summed E-state index contributed by atoms with van der Waals surface area (Å²) in [5.41, 5.74) is 0.596. The second-order valence-electron chi connectivity index (χ2n) is 5.84. The van der Waals surface area contributed by atoms with Gasteiger partial charge in [0.15, 0.2) is 11.0 Å². The highest BCUT2D eigenvalue weighted by Crippen LogP contribution is 2.24. The number of amides is 2. The Morgan fingerprint density at radius 3 is 2.73 bits per heavy atom. The maximum atomic E-state index is 12.1. The van der Waals surface area contributed by atoms with Crippen molar-refractivity contribution in [2.75, 3.05) is 31.0 Å². The van der Waals surface area contributed by atoms with Gasteiger partial charge in [0, 0.05) is 20.5 Å². The molecule has 0 spiro atoms. The monoisotopic (exact) mass is 397 g/mol. The van der Waals surface area contributed by atoms with E-state index >= 15 is 0 Å². The number of hydrogen-bond donors (Lipinski definition) is 2. The third-order valence-corrected chi connectivity index (χ3v) is 5.47. The van der Waals surface area contributed by atoms with Crippen LogP contribution in [-0.2, 0) is 11.2 Å². The van der Waals surface area contributed by atoms with E-state index in [0.717, 1.165) is 30.6 Å². The molecular formula is C15H23N7O2S2. The largest absolute Gasteiger partial charge is 0.344 e. The van der Waals surface area contributed by atoms with Crippen molar-refractivity contribution in [1.82, 2.24) is 24.8 Å². The number of carbonyl (C=O) groups excluding carboxylic acids is 2. The van der Waals surface area contributed by atoms with Gasteiger partial charge in [0.2, 0.25) is 11.1 Å². The third-order valence-electron chi connectivity index (χ3n) is 3.46. The standard InChI is InChI=1S/C15H23N7O2S2/c1-5-6-7-10-19-20-15(22(10)16)25-8-11(23)18-14-17-9(2)12(26-14)13(24)21(3)4/h5-8,16H2,1-4H3,(H,17,18,23). The van der Waals surface area contributed by atoms with E-state index in [1.165, 1.54) is 21.3 Å². The summed E-state index contributed by atoms with van der Waals surface area (Å²) >= 11 is 2.37. The SMILES string of the molecule is CCCCc1nnc(SCC(=O)Nc2nc(C)c(C(=O)N(C)C)s2)n1N. The van der Waals surface area contributed by atoms with E-state index in [9.17, 15) is 9.59 Å². The van der Waals surface area contributed by atoms with Crippen LogP contribution in [0.5, 0.6) is 0 Å². The molecule has 3 N–H and O–H groups in total. The second kappa shape index (κ2) is 8.99. The number of nitrogen functional groups attached to an aromatic ring is 1. The van der Waals surface area contributed by atoms with Gasteiger partial charge in [0.1, 0.15) is 4.88 Å². The number of rotatable bonds is 8. The summed E-state index contributed by atoms with van der Waals surface area (Å²) in [5.74, 6) is 6.41. The first-order valence-corrected chi connectivity index (χ1v) is 9.94. The van der Waals surface area contributed by atoms with Crippen molar-refractivity contribution in [2.24, 2.45) is 0 Å². The quantitative estimate of drug-likeness (QED) is 0.512. The Kier molecular flexibility index (Phi) is 6.98. The molecule has 0 atom stereocenters. The number of carbonyl (C=O) groups is 2. The van der Waals surface area contributed by atoms with Crippen molar-refractivity contribution >= 4 is 40.0 Å². The summed E-state index contributed by atoms with van der Waals surface area (Å²) in [4.78, 5) is 30.4. The molecule has 0 aliphatic rings. The van der Waals surface area contributed by atoms with E-state index in [4.69, 9.17) is 5.84 Å². The molecule has 2 heterocycles. The van der Waals surface area contributed by atoms with E-state index < -0.39 is 0 Å². The van der Waals surface area contributed by atoms with Crippen LogP contribution < -0.4 is 11.2 Å². The number of thiazole rings is 1. The van der Waals surface area contributed by atoms with Crippen LogP contribution in [0.3, 0.4) is 0 Å².